The second kappa shape index (κ2) is 7.22. The Morgan fingerprint density at radius 1 is 1.32 bits per heavy atom. The second-order valence-corrected chi connectivity index (χ2v) is 5.68. The summed E-state index contributed by atoms with van der Waals surface area (Å²) in [5.74, 6) is 0.191. The summed E-state index contributed by atoms with van der Waals surface area (Å²) >= 11 is 0. The van der Waals surface area contributed by atoms with E-state index in [0.717, 1.165) is 19.5 Å². The highest BCUT2D eigenvalue weighted by Crippen LogP contribution is 2.21. The molecule has 2 saturated heterocycles. The molecule has 0 aromatic heterocycles. The SMILES string of the molecule is COC(CN)CC(=O)N1CCC(N2CCCCC2)C1. The summed E-state index contributed by atoms with van der Waals surface area (Å²) in [4.78, 5) is 16.7. The quantitative estimate of drug-likeness (QED) is 0.786. The number of hydrogen-bond acceptors (Lipinski definition) is 4. The predicted molar refractivity (Wildman–Crippen MR) is 74.9 cm³/mol. The van der Waals surface area contributed by atoms with Crippen LogP contribution in [0.25, 0.3) is 0 Å². The number of piperidine rings is 1. The van der Waals surface area contributed by atoms with Crippen LogP contribution in [0.3, 0.4) is 0 Å². The predicted octanol–water partition coefficient (Wildman–Crippen LogP) is 0.437. The number of methoxy groups -OCH3 is 1. The lowest BCUT2D eigenvalue weighted by Crippen LogP contribution is -2.42. The van der Waals surface area contributed by atoms with E-state index in [4.69, 9.17) is 10.5 Å². The number of hydrogen-bond donors (Lipinski definition) is 1. The fourth-order valence-corrected chi connectivity index (χ4v) is 3.14. The van der Waals surface area contributed by atoms with Crippen molar-refractivity contribution < 1.29 is 9.53 Å². The average molecular weight is 269 g/mol. The molecule has 1 amide bonds. The molecule has 2 rings (SSSR count). The average Bonchev–Trinajstić information content (AvgIpc) is 2.95. The zero-order chi connectivity index (χ0) is 13.7. The molecule has 110 valence electrons. The molecule has 0 bridgehead atoms. The van der Waals surface area contributed by atoms with E-state index in [2.05, 4.69) is 4.90 Å². The lowest BCUT2D eigenvalue weighted by Gasteiger charge is -2.32. The maximum atomic E-state index is 12.2. The van der Waals surface area contributed by atoms with Gasteiger partial charge in [-0.15, -0.1) is 0 Å². The Labute approximate surface area is 116 Å². The monoisotopic (exact) mass is 269 g/mol. The smallest absolute Gasteiger partial charge is 0.225 e. The maximum absolute atomic E-state index is 12.2. The molecule has 0 radical (unpaired) electrons. The van der Waals surface area contributed by atoms with E-state index in [9.17, 15) is 4.79 Å². The van der Waals surface area contributed by atoms with E-state index in [1.54, 1.807) is 7.11 Å². The minimum Gasteiger partial charge on any atom is -0.380 e. The van der Waals surface area contributed by atoms with Crippen LogP contribution in [0.4, 0.5) is 0 Å². The van der Waals surface area contributed by atoms with Gasteiger partial charge in [0.2, 0.25) is 5.91 Å². The zero-order valence-electron chi connectivity index (χ0n) is 12.0. The number of carbonyl (C=O) groups is 1. The molecule has 5 nitrogen and oxygen atoms in total. The normalized spacial score (nSPS) is 26.6. The first-order valence-corrected chi connectivity index (χ1v) is 7.49. The highest BCUT2D eigenvalue weighted by molar-refractivity contribution is 5.77. The molecule has 19 heavy (non-hydrogen) atoms. The molecule has 2 aliphatic rings. The molecule has 0 saturated carbocycles. The molecule has 0 spiro atoms. The molecule has 5 heteroatoms. The van der Waals surface area contributed by atoms with Crippen molar-refractivity contribution in [2.24, 2.45) is 5.73 Å². The summed E-state index contributed by atoms with van der Waals surface area (Å²) < 4.78 is 5.19. The van der Waals surface area contributed by atoms with Crippen LogP contribution in [0.15, 0.2) is 0 Å². The summed E-state index contributed by atoms with van der Waals surface area (Å²) in [7, 11) is 1.62. The largest absolute Gasteiger partial charge is 0.380 e. The number of likely N-dealkylation sites (tertiary alicyclic amines) is 2. The van der Waals surface area contributed by atoms with E-state index in [1.165, 1.54) is 32.4 Å². The van der Waals surface area contributed by atoms with Crippen molar-refractivity contribution in [3.63, 3.8) is 0 Å². The van der Waals surface area contributed by atoms with E-state index >= 15 is 0 Å². The standard InChI is InChI=1S/C14H27N3O2/c1-19-13(10-15)9-14(18)17-8-5-12(11-17)16-6-3-2-4-7-16/h12-13H,2-11,15H2,1H3. The summed E-state index contributed by atoms with van der Waals surface area (Å²) in [6, 6.07) is 0.572. The van der Waals surface area contributed by atoms with E-state index in [-0.39, 0.29) is 12.0 Å². The molecule has 0 aliphatic carbocycles. The van der Waals surface area contributed by atoms with Gasteiger partial charge in [-0.2, -0.15) is 0 Å². The lowest BCUT2D eigenvalue weighted by molar-refractivity contribution is -0.132. The third-order valence-electron chi connectivity index (χ3n) is 4.42. The topological polar surface area (TPSA) is 58.8 Å². The fraction of sp³-hybridized carbons (Fsp3) is 0.929. The Morgan fingerprint density at radius 2 is 2.05 bits per heavy atom. The number of rotatable bonds is 5. The van der Waals surface area contributed by atoms with Gasteiger partial charge in [-0.25, -0.2) is 0 Å². The Morgan fingerprint density at radius 3 is 2.68 bits per heavy atom. The molecule has 2 unspecified atom stereocenters. The van der Waals surface area contributed by atoms with Crippen molar-refractivity contribution in [1.29, 1.82) is 0 Å². The first-order valence-electron chi connectivity index (χ1n) is 7.49. The first kappa shape index (κ1) is 14.8. The van der Waals surface area contributed by atoms with Crippen molar-refractivity contribution in [3.05, 3.63) is 0 Å². The van der Waals surface area contributed by atoms with Crippen molar-refractivity contribution >= 4 is 5.91 Å². The van der Waals surface area contributed by atoms with Crippen LogP contribution in [0.5, 0.6) is 0 Å². The highest BCUT2D eigenvalue weighted by Gasteiger charge is 2.31. The summed E-state index contributed by atoms with van der Waals surface area (Å²) in [5, 5.41) is 0. The number of nitrogens with two attached hydrogens (primary N) is 1. The van der Waals surface area contributed by atoms with Gasteiger partial charge >= 0.3 is 0 Å². The molecule has 2 aliphatic heterocycles. The minimum absolute atomic E-state index is 0.137. The molecular weight excluding hydrogens is 242 g/mol. The number of nitrogens with zero attached hydrogens (tertiary/aromatic N) is 2. The first-order chi connectivity index (χ1) is 9.24. The molecule has 2 N–H and O–H groups in total. The van der Waals surface area contributed by atoms with Crippen molar-refractivity contribution in [2.45, 2.75) is 44.2 Å². The van der Waals surface area contributed by atoms with Crippen LogP contribution in [-0.2, 0) is 9.53 Å². The number of amides is 1. The van der Waals surface area contributed by atoms with Gasteiger partial charge in [-0.1, -0.05) is 6.42 Å². The third kappa shape index (κ3) is 3.91. The van der Waals surface area contributed by atoms with Crippen LogP contribution < -0.4 is 5.73 Å². The van der Waals surface area contributed by atoms with Crippen molar-refractivity contribution in [1.82, 2.24) is 9.80 Å². The molecule has 2 heterocycles. The van der Waals surface area contributed by atoms with Gasteiger partial charge in [-0.3, -0.25) is 9.69 Å². The van der Waals surface area contributed by atoms with Crippen LogP contribution in [0.2, 0.25) is 0 Å². The van der Waals surface area contributed by atoms with E-state index < -0.39 is 0 Å². The van der Waals surface area contributed by atoms with Gasteiger partial charge in [0.1, 0.15) is 0 Å². The number of ether oxygens (including phenoxy) is 1. The van der Waals surface area contributed by atoms with Crippen LogP contribution in [0, 0.1) is 0 Å². The zero-order valence-corrected chi connectivity index (χ0v) is 12.0. The molecule has 2 atom stereocenters. The van der Waals surface area contributed by atoms with Gasteiger partial charge in [-0.05, 0) is 32.4 Å². The summed E-state index contributed by atoms with van der Waals surface area (Å²) in [6.45, 7) is 4.60. The Hall–Kier alpha value is -0.650. The third-order valence-corrected chi connectivity index (χ3v) is 4.42. The molecule has 0 aromatic rings. The lowest BCUT2D eigenvalue weighted by atomic mass is 10.1. The van der Waals surface area contributed by atoms with Gasteiger partial charge in [0, 0.05) is 32.8 Å². The minimum atomic E-state index is -0.137. The van der Waals surface area contributed by atoms with E-state index in [1.807, 2.05) is 4.90 Å². The van der Waals surface area contributed by atoms with Crippen LogP contribution in [0.1, 0.15) is 32.1 Å². The Bertz CT molecular complexity index is 288. The van der Waals surface area contributed by atoms with Gasteiger partial charge in [0.05, 0.1) is 12.5 Å². The van der Waals surface area contributed by atoms with Gasteiger partial charge < -0.3 is 15.4 Å². The maximum Gasteiger partial charge on any atom is 0.225 e. The summed E-state index contributed by atoms with van der Waals surface area (Å²) in [5.41, 5.74) is 5.57. The second-order valence-electron chi connectivity index (χ2n) is 5.68. The Kier molecular flexibility index (Phi) is 5.60. The Balaban J connectivity index is 1.78. The van der Waals surface area contributed by atoms with Gasteiger partial charge in [0.15, 0.2) is 0 Å². The van der Waals surface area contributed by atoms with Crippen molar-refractivity contribution in [2.75, 3.05) is 39.8 Å². The highest BCUT2D eigenvalue weighted by atomic mass is 16.5. The fourth-order valence-electron chi connectivity index (χ4n) is 3.14. The molecule has 0 aromatic carbocycles. The molecule has 2 fully saturated rings. The number of carbonyl (C=O) groups excluding carboxylic acids is 1. The van der Waals surface area contributed by atoms with Crippen LogP contribution in [-0.4, -0.2) is 67.7 Å². The molecular formula is C14H27N3O2. The van der Waals surface area contributed by atoms with E-state index in [0.29, 0.717) is 19.0 Å². The van der Waals surface area contributed by atoms with Gasteiger partial charge in [0.25, 0.3) is 0 Å². The van der Waals surface area contributed by atoms with Crippen LogP contribution >= 0.6 is 0 Å². The van der Waals surface area contributed by atoms with Crippen molar-refractivity contribution in [3.8, 4) is 0 Å². The summed E-state index contributed by atoms with van der Waals surface area (Å²) in [6.07, 6.45) is 5.37.